The van der Waals surface area contributed by atoms with Crippen molar-refractivity contribution in [2.24, 2.45) is 0 Å². The van der Waals surface area contributed by atoms with Gasteiger partial charge in [-0.25, -0.2) is 4.39 Å². The Hall–Kier alpha value is -2.32. The van der Waals surface area contributed by atoms with Gasteiger partial charge in [0.2, 0.25) is 17.6 Å². The molecule has 1 aliphatic rings. The largest absolute Gasteiger partial charge is 0.379 e. The van der Waals surface area contributed by atoms with Gasteiger partial charge in [0, 0.05) is 44.1 Å². The molecule has 2 heterocycles. The molecule has 1 amide bonds. The van der Waals surface area contributed by atoms with Gasteiger partial charge in [0.05, 0.1) is 13.2 Å². The molecule has 0 saturated carbocycles. The molecule has 1 aromatic carbocycles. The van der Waals surface area contributed by atoms with Crippen LogP contribution in [0.2, 0.25) is 0 Å². The number of hydrogen-bond donors (Lipinski definition) is 1. The number of ether oxygens (including phenoxy) is 1. The number of hydrogen-bond acceptors (Lipinski definition) is 6. The Kier molecular flexibility index (Phi) is 6.30. The standard InChI is InChI=1S/C18H23FN4O3/c1-13(12-23-8-10-25-11-9-23)20-16(24)6-7-17-21-18(22-26-17)14-2-4-15(19)5-3-14/h2-5,13H,6-12H2,1H3,(H,20,24). The van der Waals surface area contributed by atoms with Gasteiger partial charge in [-0.05, 0) is 31.2 Å². The lowest BCUT2D eigenvalue weighted by Crippen LogP contribution is -2.46. The summed E-state index contributed by atoms with van der Waals surface area (Å²) in [5, 5.41) is 6.86. The van der Waals surface area contributed by atoms with E-state index >= 15 is 0 Å². The molecule has 0 spiro atoms. The summed E-state index contributed by atoms with van der Waals surface area (Å²) < 4.78 is 23.4. The van der Waals surface area contributed by atoms with E-state index in [1.165, 1.54) is 12.1 Å². The maximum atomic E-state index is 13.0. The van der Waals surface area contributed by atoms with Gasteiger partial charge < -0.3 is 14.6 Å². The van der Waals surface area contributed by atoms with Gasteiger partial charge in [-0.15, -0.1) is 0 Å². The lowest BCUT2D eigenvalue weighted by Gasteiger charge is -2.29. The topological polar surface area (TPSA) is 80.5 Å². The minimum absolute atomic E-state index is 0.0488. The van der Waals surface area contributed by atoms with Crippen LogP contribution in [0.15, 0.2) is 28.8 Å². The molecule has 26 heavy (non-hydrogen) atoms. The monoisotopic (exact) mass is 362 g/mol. The number of halogens is 1. The minimum Gasteiger partial charge on any atom is -0.379 e. The highest BCUT2D eigenvalue weighted by molar-refractivity contribution is 5.76. The maximum Gasteiger partial charge on any atom is 0.227 e. The molecule has 1 atom stereocenters. The summed E-state index contributed by atoms with van der Waals surface area (Å²) in [6.45, 7) is 6.09. The fourth-order valence-electron chi connectivity index (χ4n) is 2.86. The third-order valence-corrected chi connectivity index (χ3v) is 4.18. The molecule has 7 nitrogen and oxygen atoms in total. The van der Waals surface area contributed by atoms with Gasteiger partial charge >= 0.3 is 0 Å². The van der Waals surface area contributed by atoms with Crippen molar-refractivity contribution in [3.8, 4) is 11.4 Å². The summed E-state index contributed by atoms with van der Waals surface area (Å²) in [6.07, 6.45) is 0.642. The first-order chi connectivity index (χ1) is 12.6. The van der Waals surface area contributed by atoms with Gasteiger partial charge in [0.1, 0.15) is 5.82 Å². The molecule has 140 valence electrons. The van der Waals surface area contributed by atoms with Crippen molar-refractivity contribution < 1.29 is 18.4 Å². The van der Waals surface area contributed by atoms with Crippen LogP contribution < -0.4 is 5.32 Å². The van der Waals surface area contributed by atoms with Crippen LogP contribution in [0.4, 0.5) is 4.39 Å². The van der Waals surface area contributed by atoms with Gasteiger partial charge in [-0.1, -0.05) is 5.16 Å². The van der Waals surface area contributed by atoms with Crippen molar-refractivity contribution in [3.05, 3.63) is 36.0 Å². The minimum atomic E-state index is -0.319. The number of nitrogens with one attached hydrogen (secondary N) is 1. The second kappa shape index (κ2) is 8.86. The maximum absolute atomic E-state index is 13.0. The number of nitrogens with zero attached hydrogens (tertiary/aromatic N) is 3. The third-order valence-electron chi connectivity index (χ3n) is 4.18. The van der Waals surface area contributed by atoms with E-state index in [0.29, 0.717) is 23.7 Å². The Morgan fingerprint density at radius 3 is 2.77 bits per heavy atom. The highest BCUT2D eigenvalue weighted by atomic mass is 19.1. The Labute approximate surface area is 151 Å². The third kappa shape index (κ3) is 5.34. The lowest BCUT2D eigenvalue weighted by molar-refractivity contribution is -0.121. The number of aryl methyl sites for hydroxylation is 1. The smallest absolute Gasteiger partial charge is 0.227 e. The van der Waals surface area contributed by atoms with Crippen LogP contribution in [0.1, 0.15) is 19.2 Å². The number of carbonyl (C=O) groups is 1. The molecule has 2 aromatic rings. The van der Waals surface area contributed by atoms with Gasteiger partial charge in [0.25, 0.3) is 0 Å². The van der Waals surface area contributed by atoms with E-state index in [0.717, 1.165) is 32.8 Å². The summed E-state index contributed by atoms with van der Waals surface area (Å²) in [4.78, 5) is 18.6. The molecule has 0 bridgehead atoms. The second-order valence-corrected chi connectivity index (χ2v) is 6.40. The quantitative estimate of drug-likeness (QED) is 0.807. The summed E-state index contributed by atoms with van der Waals surface area (Å²) in [5.74, 6) is 0.411. The van der Waals surface area contributed by atoms with Crippen molar-refractivity contribution in [2.75, 3.05) is 32.8 Å². The number of rotatable bonds is 7. The Bertz CT molecular complexity index is 713. The van der Waals surface area contributed by atoms with E-state index in [9.17, 15) is 9.18 Å². The first-order valence-electron chi connectivity index (χ1n) is 8.78. The first-order valence-corrected chi connectivity index (χ1v) is 8.78. The molecule has 1 aliphatic heterocycles. The van der Waals surface area contributed by atoms with E-state index in [4.69, 9.17) is 9.26 Å². The molecular formula is C18H23FN4O3. The number of carbonyl (C=O) groups excluding carboxylic acids is 1. The van der Waals surface area contributed by atoms with Crippen molar-refractivity contribution in [1.82, 2.24) is 20.4 Å². The van der Waals surface area contributed by atoms with Crippen LogP contribution in [0.3, 0.4) is 0 Å². The van der Waals surface area contributed by atoms with E-state index in [-0.39, 0.29) is 24.2 Å². The SMILES string of the molecule is CC(CN1CCOCC1)NC(=O)CCc1nc(-c2ccc(F)cc2)no1. The predicted molar refractivity (Wildman–Crippen MR) is 92.9 cm³/mol. The van der Waals surface area contributed by atoms with E-state index < -0.39 is 0 Å². The van der Waals surface area contributed by atoms with E-state index in [2.05, 4.69) is 20.4 Å². The van der Waals surface area contributed by atoms with Crippen LogP contribution in [0.25, 0.3) is 11.4 Å². The molecule has 1 unspecified atom stereocenters. The fraction of sp³-hybridized carbons (Fsp3) is 0.500. The number of benzene rings is 1. The van der Waals surface area contributed by atoms with Crippen LogP contribution in [-0.2, 0) is 16.0 Å². The molecule has 1 aromatic heterocycles. The van der Waals surface area contributed by atoms with Crippen molar-refractivity contribution >= 4 is 5.91 Å². The highest BCUT2D eigenvalue weighted by Gasteiger charge is 2.16. The molecule has 1 N–H and O–H groups in total. The van der Waals surface area contributed by atoms with Gasteiger partial charge in [-0.2, -0.15) is 4.98 Å². The molecule has 0 radical (unpaired) electrons. The predicted octanol–water partition coefficient (Wildman–Crippen LogP) is 1.65. The van der Waals surface area contributed by atoms with Crippen molar-refractivity contribution in [1.29, 1.82) is 0 Å². The molecular weight excluding hydrogens is 339 g/mol. The summed E-state index contributed by atoms with van der Waals surface area (Å²) in [7, 11) is 0. The zero-order valence-corrected chi connectivity index (χ0v) is 14.8. The molecule has 8 heteroatoms. The number of amides is 1. The zero-order valence-electron chi connectivity index (χ0n) is 14.8. The Balaban J connectivity index is 1.43. The van der Waals surface area contributed by atoms with Crippen LogP contribution >= 0.6 is 0 Å². The van der Waals surface area contributed by atoms with Crippen molar-refractivity contribution in [3.63, 3.8) is 0 Å². The normalized spacial score (nSPS) is 16.4. The zero-order chi connectivity index (χ0) is 18.4. The number of morpholine rings is 1. The van der Waals surface area contributed by atoms with E-state index in [1.54, 1.807) is 12.1 Å². The summed E-state index contributed by atoms with van der Waals surface area (Å²) >= 11 is 0. The molecule has 1 fully saturated rings. The van der Waals surface area contributed by atoms with Crippen LogP contribution in [0.5, 0.6) is 0 Å². The summed E-state index contributed by atoms with van der Waals surface area (Å²) in [5.41, 5.74) is 0.671. The Morgan fingerprint density at radius 1 is 1.31 bits per heavy atom. The van der Waals surface area contributed by atoms with Crippen molar-refractivity contribution in [2.45, 2.75) is 25.8 Å². The average molecular weight is 362 g/mol. The lowest BCUT2D eigenvalue weighted by atomic mass is 10.2. The fourth-order valence-corrected chi connectivity index (χ4v) is 2.86. The van der Waals surface area contributed by atoms with Crippen LogP contribution in [0, 0.1) is 5.82 Å². The summed E-state index contributed by atoms with van der Waals surface area (Å²) in [6, 6.07) is 5.93. The molecule has 0 aliphatic carbocycles. The number of aromatic nitrogens is 2. The molecule has 3 rings (SSSR count). The van der Waals surface area contributed by atoms with Gasteiger partial charge in [-0.3, -0.25) is 9.69 Å². The highest BCUT2D eigenvalue weighted by Crippen LogP contribution is 2.16. The first kappa shape index (κ1) is 18.5. The second-order valence-electron chi connectivity index (χ2n) is 6.40. The van der Waals surface area contributed by atoms with Gasteiger partial charge in [0.15, 0.2) is 0 Å². The van der Waals surface area contributed by atoms with E-state index in [1.807, 2.05) is 6.92 Å². The molecule has 1 saturated heterocycles. The van der Waals surface area contributed by atoms with Crippen LogP contribution in [-0.4, -0.2) is 59.8 Å². The Morgan fingerprint density at radius 2 is 2.04 bits per heavy atom. The average Bonchev–Trinajstić information content (AvgIpc) is 3.10.